The lowest BCUT2D eigenvalue weighted by Crippen LogP contribution is -2.30. The van der Waals surface area contributed by atoms with Crippen LogP contribution in [0.4, 0.5) is 11.5 Å². The van der Waals surface area contributed by atoms with E-state index in [4.69, 9.17) is 4.74 Å². The number of anilines is 2. The normalized spacial score (nSPS) is 13.6. The fourth-order valence-corrected chi connectivity index (χ4v) is 2.07. The zero-order valence-electron chi connectivity index (χ0n) is 9.98. The Labute approximate surface area is 109 Å². The lowest BCUT2D eigenvalue weighted by atomic mass is 10.2. The van der Waals surface area contributed by atoms with Gasteiger partial charge in [-0.25, -0.2) is 14.8 Å². The van der Waals surface area contributed by atoms with E-state index in [0.717, 1.165) is 11.4 Å². The molecule has 6 nitrogen and oxygen atoms in total. The average molecular weight is 257 g/mol. The number of carboxylic acids is 1. The van der Waals surface area contributed by atoms with E-state index in [1.165, 1.54) is 12.4 Å². The number of rotatable bonds is 2. The molecule has 0 unspecified atom stereocenters. The van der Waals surface area contributed by atoms with Crippen molar-refractivity contribution in [1.82, 2.24) is 9.97 Å². The van der Waals surface area contributed by atoms with Crippen LogP contribution in [-0.4, -0.2) is 34.2 Å². The summed E-state index contributed by atoms with van der Waals surface area (Å²) in [6.07, 6.45) is 2.86. The van der Waals surface area contributed by atoms with Gasteiger partial charge in [-0.3, -0.25) is 0 Å². The van der Waals surface area contributed by atoms with Crippen LogP contribution in [0.2, 0.25) is 0 Å². The Hall–Kier alpha value is -2.63. The number of hydrogen-bond donors (Lipinski definition) is 1. The van der Waals surface area contributed by atoms with E-state index in [2.05, 4.69) is 9.97 Å². The topological polar surface area (TPSA) is 75.5 Å². The van der Waals surface area contributed by atoms with Gasteiger partial charge in [0.05, 0.1) is 12.2 Å². The van der Waals surface area contributed by atoms with Gasteiger partial charge < -0.3 is 14.7 Å². The summed E-state index contributed by atoms with van der Waals surface area (Å²) in [5, 5.41) is 9.18. The summed E-state index contributed by atoms with van der Waals surface area (Å²) in [5.41, 5.74) is 0.746. The lowest BCUT2D eigenvalue weighted by molar-refractivity contribution is 0.0690. The van der Waals surface area contributed by atoms with Gasteiger partial charge in [-0.2, -0.15) is 0 Å². The van der Waals surface area contributed by atoms with Crippen LogP contribution in [0.3, 0.4) is 0 Å². The molecule has 96 valence electrons. The molecule has 0 saturated carbocycles. The molecule has 6 heteroatoms. The molecule has 0 bridgehead atoms. The van der Waals surface area contributed by atoms with Crippen LogP contribution in [0.1, 0.15) is 10.5 Å². The van der Waals surface area contributed by atoms with Gasteiger partial charge in [0.25, 0.3) is 0 Å². The number of aromatic carboxylic acids is 1. The fraction of sp³-hybridized carbons (Fsp3) is 0.154. The molecule has 0 saturated heterocycles. The first-order valence-corrected chi connectivity index (χ1v) is 5.81. The van der Waals surface area contributed by atoms with Crippen LogP contribution in [0.15, 0.2) is 36.7 Å². The minimum atomic E-state index is -1.09. The quantitative estimate of drug-likeness (QED) is 0.882. The summed E-state index contributed by atoms with van der Waals surface area (Å²) in [5.74, 6) is -0.0337. The van der Waals surface area contributed by atoms with Crippen LogP contribution in [0.25, 0.3) is 0 Å². The number of aromatic nitrogens is 2. The first-order valence-electron chi connectivity index (χ1n) is 5.81. The Morgan fingerprint density at radius 2 is 2.05 bits per heavy atom. The van der Waals surface area contributed by atoms with Crippen LogP contribution >= 0.6 is 0 Å². The summed E-state index contributed by atoms with van der Waals surface area (Å²) < 4.78 is 5.54. The largest absolute Gasteiger partial charge is 0.490 e. The Morgan fingerprint density at radius 3 is 2.89 bits per heavy atom. The van der Waals surface area contributed by atoms with Gasteiger partial charge in [0.1, 0.15) is 12.4 Å². The molecule has 0 radical (unpaired) electrons. The number of ether oxygens (including phenoxy) is 1. The Morgan fingerprint density at radius 1 is 1.26 bits per heavy atom. The Kier molecular flexibility index (Phi) is 2.75. The first kappa shape index (κ1) is 11.5. The van der Waals surface area contributed by atoms with Crippen molar-refractivity contribution >= 4 is 17.5 Å². The molecule has 2 aromatic rings. The van der Waals surface area contributed by atoms with E-state index in [1.54, 1.807) is 0 Å². The molecule has 1 aromatic heterocycles. The molecule has 0 amide bonds. The molecule has 2 heterocycles. The molecule has 1 aromatic carbocycles. The van der Waals surface area contributed by atoms with Crippen molar-refractivity contribution in [2.75, 3.05) is 18.1 Å². The maximum absolute atomic E-state index is 11.2. The third-order valence-electron chi connectivity index (χ3n) is 2.87. The summed E-state index contributed by atoms with van der Waals surface area (Å²) in [4.78, 5) is 21.1. The third kappa shape index (κ3) is 1.97. The molecule has 1 aliphatic heterocycles. The van der Waals surface area contributed by atoms with Crippen LogP contribution in [0.5, 0.6) is 5.75 Å². The second kappa shape index (κ2) is 4.56. The van der Waals surface area contributed by atoms with Gasteiger partial charge in [0.15, 0.2) is 11.5 Å². The van der Waals surface area contributed by atoms with E-state index < -0.39 is 5.97 Å². The summed E-state index contributed by atoms with van der Waals surface area (Å²) >= 11 is 0. The van der Waals surface area contributed by atoms with Gasteiger partial charge in [-0.15, -0.1) is 0 Å². The van der Waals surface area contributed by atoms with E-state index in [-0.39, 0.29) is 5.69 Å². The maximum Gasteiger partial charge on any atom is 0.358 e. The minimum Gasteiger partial charge on any atom is -0.490 e. The van der Waals surface area contributed by atoms with Crippen molar-refractivity contribution in [3.63, 3.8) is 0 Å². The highest BCUT2D eigenvalue weighted by Crippen LogP contribution is 2.36. The Balaban J connectivity index is 2.12. The number of carboxylic acid groups (broad SMARTS) is 1. The second-order valence-corrected chi connectivity index (χ2v) is 4.00. The number of fused-ring (bicyclic) bond motifs is 1. The summed E-state index contributed by atoms with van der Waals surface area (Å²) in [6, 6.07) is 7.46. The number of para-hydroxylation sites is 2. The van der Waals surface area contributed by atoms with Crippen LogP contribution in [-0.2, 0) is 0 Å². The summed E-state index contributed by atoms with van der Waals surface area (Å²) in [7, 11) is 0. The predicted molar refractivity (Wildman–Crippen MR) is 67.9 cm³/mol. The fourth-order valence-electron chi connectivity index (χ4n) is 2.07. The monoisotopic (exact) mass is 257 g/mol. The zero-order chi connectivity index (χ0) is 13.2. The minimum absolute atomic E-state index is 0.0563. The predicted octanol–water partition coefficient (Wildman–Crippen LogP) is 1.71. The molecule has 1 N–H and O–H groups in total. The third-order valence-corrected chi connectivity index (χ3v) is 2.87. The lowest BCUT2D eigenvalue weighted by Gasteiger charge is -2.30. The first-order chi connectivity index (χ1) is 9.27. The molecular formula is C13H11N3O3. The molecule has 3 rings (SSSR count). The molecule has 0 aliphatic carbocycles. The van der Waals surface area contributed by atoms with Gasteiger partial charge in [-0.1, -0.05) is 12.1 Å². The van der Waals surface area contributed by atoms with Gasteiger partial charge in [-0.05, 0) is 12.1 Å². The van der Waals surface area contributed by atoms with Gasteiger partial charge >= 0.3 is 5.97 Å². The highest BCUT2D eigenvalue weighted by atomic mass is 16.5. The molecule has 1 aliphatic rings. The van der Waals surface area contributed by atoms with Crippen molar-refractivity contribution in [2.45, 2.75) is 0 Å². The van der Waals surface area contributed by atoms with Crippen molar-refractivity contribution < 1.29 is 14.6 Å². The highest BCUT2D eigenvalue weighted by Gasteiger charge is 2.25. The smallest absolute Gasteiger partial charge is 0.358 e. The summed E-state index contributed by atoms with van der Waals surface area (Å²) in [6.45, 7) is 1.02. The molecule has 19 heavy (non-hydrogen) atoms. The Bertz CT molecular complexity index is 630. The van der Waals surface area contributed by atoms with E-state index in [1.807, 2.05) is 29.2 Å². The number of nitrogens with zero attached hydrogens (tertiary/aromatic N) is 3. The zero-order valence-corrected chi connectivity index (χ0v) is 9.98. The van der Waals surface area contributed by atoms with Crippen molar-refractivity contribution in [3.8, 4) is 5.75 Å². The van der Waals surface area contributed by atoms with E-state index in [9.17, 15) is 9.90 Å². The second-order valence-electron chi connectivity index (χ2n) is 4.00. The van der Waals surface area contributed by atoms with Gasteiger partial charge in [0, 0.05) is 12.4 Å². The van der Waals surface area contributed by atoms with E-state index >= 15 is 0 Å². The van der Waals surface area contributed by atoms with Crippen LogP contribution in [0, 0.1) is 0 Å². The van der Waals surface area contributed by atoms with E-state index in [0.29, 0.717) is 19.0 Å². The molecule has 0 atom stereocenters. The number of hydrogen-bond acceptors (Lipinski definition) is 5. The number of benzene rings is 1. The average Bonchev–Trinajstić information content (AvgIpc) is 2.46. The highest BCUT2D eigenvalue weighted by molar-refractivity contribution is 5.92. The maximum atomic E-state index is 11.2. The van der Waals surface area contributed by atoms with Crippen molar-refractivity contribution in [1.29, 1.82) is 0 Å². The molecular weight excluding hydrogens is 246 g/mol. The van der Waals surface area contributed by atoms with Crippen molar-refractivity contribution in [3.05, 3.63) is 42.4 Å². The molecule has 0 fully saturated rings. The number of carbonyl (C=O) groups is 1. The van der Waals surface area contributed by atoms with Gasteiger partial charge in [0.2, 0.25) is 0 Å². The van der Waals surface area contributed by atoms with Crippen LogP contribution < -0.4 is 9.64 Å². The van der Waals surface area contributed by atoms with Crippen molar-refractivity contribution in [2.24, 2.45) is 0 Å². The molecule has 0 spiro atoms. The standard InChI is InChI=1S/C13H11N3O3/c17-13(18)11-12(15-6-5-14-11)16-7-8-19-10-4-2-1-3-9(10)16/h1-6H,7-8H2,(H,17,18). The SMILES string of the molecule is O=C(O)c1nccnc1N1CCOc2ccccc21.